The van der Waals surface area contributed by atoms with E-state index in [9.17, 15) is 9.18 Å². The van der Waals surface area contributed by atoms with Crippen molar-refractivity contribution >= 4 is 11.6 Å². The molecule has 0 atom stereocenters. The molecule has 6 rings (SSSR count). The summed E-state index contributed by atoms with van der Waals surface area (Å²) in [4.78, 5) is 17.8. The zero-order valence-electron chi connectivity index (χ0n) is 18.6. The van der Waals surface area contributed by atoms with Crippen molar-refractivity contribution in [2.75, 3.05) is 18.0 Å². The van der Waals surface area contributed by atoms with E-state index in [1.54, 1.807) is 22.8 Å². The second-order valence-corrected chi connectivity index (χ2v) is 9.66. The molecule has 5 nitrogen and oxygen atoms in total. The second-order valence-electron chi connectivity index (χ2n) is 9.66. The Kier molecular flexibility index (Phi) is 4.66. The summed E-state index contributed by atoms with van der Waals surface area (Å²) in [6, 6.07) is 10.8. The number of anilines is 1. The summed E-state index contributed by atoms with van der Waals surface area (Å²) >= 11 is 0. The van der Waals surface area contributed by atoms with Crippen LogP contribution >= 0.6 is 0 Å². The largest absolute Gasteiger partial charge is 0.307 e. The molecule has 1 aliphatic carbocycles. The lowest BCUT2D eigenvalue weighted by Gasteiger charge is -2.50. The molecular formula is C26H26F2N4O. The Morgan fingerprint density at radius 1 is 1.09 bits per heavy atom. The van der Waals surface area contributed by atoms with Gasteiger partial charge in [-0.25, -0.2) is 8.78 Å². The summed E-state index contributed by atoms with van der Waals surface area (Å²) in [5.74, 6) is -1.05. The number of nitrogens with zero attached hydrogens (tertiary/aromatic N) is 4. The fourth-order valence-electron chi connectivity index (χ4n) is 5.89. The van der Waals surface area contributed by atoms with Gasteiger partial charge in [-0.2, -0.15) is 5.10 Å². The number of fused-ring (bicyclic) bond motifs is 2. The molecule has 1 saturated heterocycles. The van der Waals surface area contributed by atoms with Crippen molar-refractivity contribution in [2.45, 2.75) is 43.7 Å². The summed E-state index contributed by atoms with van der Waals surface area (Å²) < 4.78 is 31.6. The Hall–Kier alpha value is -3.06. The van der Waals surface area contributed by atoms with Crippen molar-refractivity contribution in [3.8, 4) is 11.1 Å². The molecule has 0 radical (unpaired) electrons. The predicted octanol–water partition coefficient (Wildman–Crippen LogP) is 4.41. The highest BCUT2D eigenvalue weighted by Crippen LogP contribution is 2.49. The molecule has 3 aromatic rings. The highest BCUT2D eigenvalue weighted by Gasteiger charge is 2.58. The minimum atomic E-state index is -0.566. The van der Waals surface area contributed by atoms with E-state index in [4.69, 9.17) is 0 Å². The van der Waals surface area contributed by atoms with Crippen LogP contribution in [0.15, 0.2) is 48.8 Å². The first kappa shape index (κ1) is 20.5. The van der Waals surface area contributed by atoms with Crippen LogP contribution < -0.4 is 4.90 Å². The van der Waals surface area contributed by atoms with Crippen molar-refractivity contribution < 1.29 is 13.6 Å². The molecule has 1 saturated carbocycles. The number of para-hydroxylation sites is 1. The Balaban J connectivity index is 1.30. The van der Waals surface area contributed by atoms with Crippen LogP contribution in [0, 0.1) is 11.6 Å². The highest BCUT2D eigenvalue weighted by atomic mass is 19.1. The lowest BCUT2D eigenvalue weighted by Crippen LogP contribution is -2.65. The van der Waals surface area contributed by atoms with E-state index in [1.165, 1.54) is 44.0 Å². The van der Waals surface area contributed by atoms with Gasteiger partial charge in [0.05, 0.1) is 12.7 Å². The number of likely N-dealkylation sites (tertiary alicyclic amines) is 1. The maximum absolute atomic E-state index is 15.1. The number of rotatable bonds is 4. The summed E-state index contributed by atoms with van der Waals surface area (Å²) in [6.07, 6.45) is 8.06. The van der Waals surface area contributed by atoms with Gasteiger partial charge in [-0.15, -0.1) is 0 Å². The molecule has 1 aromatic heterocycles. The lowest BCUT2D eigenvalue weighted by molar-refractivity contribution is -0.130. The molecule has 1 spiro atoms. The predicted molar refractivity (Wildman–Crippen MR) is 122 cm³/mol. The molecule has 0 unspecified atom stereocenters. The van der Waals surface area contributed by atoms with Crippen LogP contribution in [0.25, 0.3) is 11.1 Å². The number of carbonyl (C=O) groups is 1. The number of aryl methyl sites for hydroxylation is 1. The first-order valence-corrected chi connectivity index (χ1v) is 11.6. The Morgan fingerprint density at radius 2 is 1.85 bits per heavy atom. The molecule has 33 heavy (non-hydrogen) atoms. The third kappa shape index (κ3) is 3.13. The average molecular weight is 449 g/mol. The van der Waals surface area contributed by atoms with Gasteiger partial charge in [-0.3, -0.25) is 14.4 Å². The fraction of sp³-hybridized carbons (Fsp3) is 0.385. The zero-order valence-corrected chi connectivity index (χ0v) is 18.6. The van der Waals surface area contributed by atoms with Crippen molar-refractivity contribution in [3.05, 3.63) is 71.6 Å². The fourth-order valence-corrected chi connectivity index (χ4v) is 5.89. The molecule has 2 aliphatic heterocycles. The summed E-state index contributed by atoms with van der Waals surface area (Å²) in [7, 11) is 1.73. The zero-order chi connectivity index (χ0) is 22.7. The monoisotopic (exact) mass is 448 g/mol. The Bertz CT molecular complexity index is 1240. The minimum absolute atomic E-state index is 0.00547. The number of hydrogen-bond donors (Lipinski definition) is 0. The molecule has 0 bridgehead atoms. The minimum Gasteiger partial charge on any atom is -0.307 e. The van der Waals surface area contributed by atoms with Gasteiger partial charge in [-0.1, -0.05) is 31.0 Å². The number of carbonyl (C=O) groups excluding carboxylic acids is 1. The third-order valence-electron chi connectivity index (χ3n) is 7.63. The maximum Gasteiger partial charge on any atom is 0.240 e. The Morgan fingerprint density at radius 3 is 2.58 bits per heavy atom. The number of halogens is 2. The van der Waals surface area contributed by atoms with Gasteiger partial charge >= 0.3 is 0 Å². The molecule has 2 aromatic carbocycles. The smallest absolute Gasteiger partial charge is 0.240 e. The van der Waals surface area contributed by atoms with E-state index in [0.29, 0.717) is 24.7 Å². The molecule has 0 N–H and O–H groups in total. The van der Waals surface area contributed by atoms with Gasteiger partial charge in [-0.05, 0) is 36.6 Å². The standard InChI is InChI=1S/C26H26F2N4O/c1-30-13-18(12-29-30)20-11-22(27)17(10-23(20)28)14-32-24-9-5-4-8-21(24)26(25(32)33)15-31(16-26)19-6-2-3-7-19/h4-5,8-13,19H,2-3,6-7,14-16H2,1H3. The van der Waals surface area contributed by atoms with Crippen LogP contribution in [-0.2, 0) is 23.8 Å². The molecule has 2 fully saturated rings. The maximum atomic E-state index is 15.1. The summed E-state index contributed by atoms with van der Waals surface area (Å²) in [5, 5.41) is 4.04. The van der Waals surface area contributed by atoms with Gasteiger partial charge in [0.1, 0.15) is 17.0 Å². The molecule has 3 aliphatic rings. The average Bonchev–Trinajstić information content (AvgIpc) is 3.50. The van der Waals surface area contributed by atoms with Crippen LogP contribution in [0.3, 0.4) is 0 Å². The molecule has 1 amide bonds. The number of amides is 1. The van der Waals surface area contributed by atoms with E-state index in [0.717, 1.165) is 11.3 Å². The van der Waals surface area contributed by atoms with Crippen molar-refractivity contribution in [1.82, 2.24) is 14.7 Å². The normalized spacial score (nSPS) is 20.0. The van der Waals surface area contributed by atoms with Crippen LogP contribution in [0.2, 0.25) is 0 Å². The molecular weight excluding hydrogens is 422 g/mol. The number of benzene rings is 2. The summed E-state index contributed by atoms with van der Waals surface area (Å²) in [5.41, 5.74) is 2.11. The first-order valence-electron chi connectivity index (χ1n) is 11.6. The van der Waals surface area contributed by atoms with Gasteiger partial charge in [0.15, 0.2) is 0 Å². The van der Waals surface area contributed by atoms with E-state index in [2.05, 4.69) is 10.00 Å². The van der Waals surface area contributed by atoms with E-state index in [-0.39, 0.29) is 23.6 Å². The third-order valence-corrected chi connectivity index (χ3v) is 7.63. The molecule has 3 heterocycles. The topological polar surface area (TPSA) is 41.4 Å². The van der Waals surface area contributed by atoms with E-state index in [1.807, 2.05) is 24.3 Å². The van der Waals surface area contributed by atoms with Gasteiger partial charge in [0.2, 0.25) is 5.91 Å². The highest BCUT2D eigenvalue weighted by molar-refractivity contribution is 6.09. The number of aromatic nitrogens is 2. The first-order chi connectivity index (χ1) is 16.0. The molecule has 170 valence electrons. The van der Waals surface area contributed by atoms with Crippen molar-refractivity contribution in [3.63, 3.8) is 0 Å². The van der Waals surface area contributed by atoms with E-state index >= 15 is 4.39 Å². The van der Waals surface area contributed by atoms with Crippen molar-refractivity contribution in [1.29, 1.82) is 0 Å². The molecule has 7 heteroatoms. The Labute approximate surface area is 191 Å². The SMILES string of the molecule is Cn1cc(-c2cc(F)c(CN3C(=O)C4(CN(C5CCCC5)C4)c4ccccc43)cc2F)cn1. The van der Waals surface area contributed by atoms with Gasteiger partial charge < -0.3 is 4.90 Å². The number of hydrogen-bond acceptors (Lipinski definition) is 3. The quantitative estimate of drug-likeness (QED) is 0.594. The van der Waals surface area contributed by atoms with Gasteiger partial charge in [0, 0.05) is 54.8 Å². The van der Waals surface area contributed by atoms with Crippen LogP contribution in [0.4, 0.5) is 14.5 Å². The second kappa shape index (κ2) is 7.48. The van der Waals surface area contributed by atoms with Crippen molar-refractivity contribution in [2.24, 2.45) is 7.05 Å². The van der Waals surface area contributed by atoms with Gasteiger partial charge in [0.25, 0.3) is 0 Å². The van der Waals surface area contributed by atoms with Crippen LogP contribution in [-0.4, -0.2) is 39.7 Å². The van der Waals surface area contributed by atoms with Crippen LogP contribution in [0.1, 0.15) is 36.8 Å². The lowest BCUT2D eigenvalue weighted by atomic mass is 9.73. The summed E-state index contributed by atoms with van der Waals surface area (Å²) in [6.45, 7) is 1.43. The van der Waals surface area contributed by atoms with E-state index < -0.39 is 17.0 Å². The van der Waals surface area contributed by atoms with Crippen LogP contribution in [0.5, 0.6) is 0 Å².